The number of fused-ring (bicyclic) bond motifs is 2. The van der Waals surface area contributed by atoms with Gasteiger partial charge in [-0.15, -0.1) is 0 Å². The molecular weight excluding hydrogens is 651 g/mol. The fourth-order valence-corrected chi connectivity index (χ4v) is 6.49. The van der Waals surface area contributed by atoms with Gasteiger partial charge in [0.2, 0.25) is 0 Å². The third-order valence-electron chi connectivity index (χ3n) is 9.12. The Morgan fingerprint density at radius 2 is 1.69 bits per heavy atom. The molecule has 1 fully saturated rings. The Kier molecular flexibility index (Phi) is 8.02. The first kappa shape index (κ1) is 31.6. The van der Waals surface area contributed by atoms with Crippen LogP contribution in [-0.4, -0.2) is 71.5 Å². The molecule has 13 nitrogen and oxygen atoms in total. The summed E-state index contributed by atoms with van der Waals surface area (Å²) in [5, 5.41) is 11.3. The molecule has 0 atom stereocenters. The molecule has 0 radical (unpaired) electrons. The summed E-state index contributed by atoms with van der Waals surface area (Å²) in [5.74, 6) is -0.464. The van der Waals surface area contributed by atoms with Gasteiger partial charge in [-0.25, -0.2) is 28.8 Å². The lowest BCUT2D eigenvalue weighted by atomic mass is 10.0. The number of hydrogen-bond acceptors (Lipinski definition) is 9. The van der Waals surface area contributed by atoms with E-state index in [-0.39, 0.29) is 28.1 Å². The van der Waals surface area contributed by atoms with Crippen molar-refractivity contribution in [3.05, 3.63) is 141 Å². The van der Waals surface area contributed by atoms with Crippen molar-refractivity contribution in [2.75, 3.05) is 36.4 Å². The molecule has 1 aliphatic heterocycles. The monoisotopic (exact) mass is 682 g/mol. The van der Waals surface area contributed by atoms with E-state index in [1.165, 1.54) is 16.9 Å². The Hall–Kier alpha value is -6.70. The van der Waals surface area contributed by atoms with Crippen LogP contribution < -0.4 is 21.3 Å². The number of aromatic nitrogens is 7. The van der Waals surface area contributed by atoms with Crippen molar-refractivity contribution < 1.29 is 9.18 Å². The third-order valence-corrected chi connectivity index (χ3v) is 9.12. The lowest BCUT2D eigenvalue weighted by molar-refractivity contribution is 0.0742. The maximum atomic E-state index is 15.0. The molecule has 0 bridgehead atoms. The molecule has 0 aliphatic carbocycles. The maximum absolute atomic E-state index is 15.0. The van der Waals surface area contributed by atoms with Gasteiger partial charge in [0.05, 0.1) is 34.7 Å². The predicted molar refractivity (Wildman–Crippen MR) is 191 cm³/mol. The molecule has 8 rings (SSSR count). The number of hydrogen-bond donors (Lipinski definition) is 2. The molecule has 0 spiro atoms. The summed E-state index contributed by atoms with van der Waals surface area (Å²) >= 11 is 0. The average molecular weight is 683 g/mol. The second kappa shape index (κ2) is 13.0. The van der Waals surface area contributed by atoms with Crippen molar-refractivity contribution in [1.82, 2.24) is 39.4 Å². The number of carbonyl (C=O) groups excluding carboxylic acids is 1. The van der Waals surface area contributed by atoms with E-state index in [4.69, 9.17) is 0 Å². The molecule has 14 heteroatoms. The molecule has 2 N–H and O–H groups in total. The van der Waals surface area contributed by atoms with Crippen LogP contribution in [0.25, 0.3) is 27.6 Å². The fourth-order valence-electron chi connectivity index (χ4n) is 6.49. The van der Waals surface area contributed by atoms with Crippen molar-refractivity contribution in [3.8, 4) is 5.69 Å². The van der Waals surface area contributed by atoms with Crippen LogP contribution in [0.1, 0.15) is 21.6 Å². The first-order valence-electron chi connectivity index (χ1n) is 16.4. The average Bonchev–Trinajstić information content (AvgIpc) is 3.42. The number of nitrogens with zero attached hydrogens (tertiary/aromatic N) is 8. The molecule has 4 aromatic heterocycles. The van der Waals surface area contributed by atoms with Crippen molar-refractivity contribution in [2.24, 2.45) is 7.05 Å². The number of nitrogens with one attached hydrogen (secondary N) is 2. The van der Waals surface area contributed by atoms with Crippen molar-refractivity contribution in [1.29, 1.82) is 0 Å². The zero-order valence-corrected chi connectivity index (χ0v) is 27.5. The van der Waals surface area contributed by atoms with E-state index in [1.54, 1.807) is 59.4 Å². The number of benzene rings is 3. The molecule has 51 heavy (non-hydrogen) atoms. The van der Waals surface area contributed by atoms with Gasteiger partial charge < -0.3 is 15.1 Å². The minimum Gasteiger partial charge on any atom is -0.368 e. The zero-order chi connectivity index (χ0) is 35.1. The Morgan fingerprint density at radius 1 is 0.902 bits per heavy atom. The summed E-state index contributed by atoms with van der Waals surface area (Å²) in [4.78, 5) is 55.6. The van der Waals surface area contributed by atoms with Gasteiger partial charge in [0.15, 0.2) is 17.0 Å². The second-order valence-electron chi connectivity index (χ2n) is 12.3. The van der Waals surface area contributed by atoms with Gasteiger partial charge in [0, 0.05) is 62.6 Å². The number of rotatable bonds is 7. The number of piperazine rings is 1. The molecular formula is C37H31FN10O3. The fraction of sp³-hybridized carbons (Fsp3) is 0.162. The predicted octanol–water partition coefficient (Wildman–Crippen LogP) is 4.19. The normalized spacial score (nSPS) is 13.2. The first-order chi connectivity index (χ1) is 24.8. The van der Waals surface area contributed by atoms with E-state index in [0.29, 0.717) is 71.8 Å². The van der Waals surface area contributed by atoms with Crippen LogP contribution in [-0.2, 0) is 13.5 Å². The molecule has 7 aromatic rings. The SMILES string of the molecule is Cn1c(=O)c2ncc(Nc3ccc(N4CCN(C(=O)c5cc(Cc6n[nH]c(=O)c7ccccc67)ccc5F)CC4)cc3)nc2n1-c1cccnc1. The van der Waals surface area contributed by atoms with Crippen LogP contribution in [0.4, 0.5) is 21.6 Å². The van der Waals surface area contributed by atoms with Crippen LogP contribution in [0.5, 0.6) is 0 Å². The number of aromatic amines is 1. The van der Waals surface area contributed by atoms with E-state index in [9.17, 15) is 18.8 Å². The van der Waals surface area contributed by atoms with Crippen molar-refractivity contribution in [3.63, 3.8) is 0 Å². The maximum Gasteiger partial charge on any atom is 0.295 e. The molecule has 1 amide bonds. The Labute approximate surface area is 289 Å². The third kappa shape index (κ3) is 5.96. The quantitative estimate of drug-likeness (QED) is 0.253. The molecule has 254 valence electrons. The molecule has 0 unspecified atom stereocenters. The zero-order valence-electron chi connectivity index (χ0n) is 27.5. The van der Waals surface area contributed by atoms with Gasteiger partial charge in [0.25, 0.3) is 17.0 Å². The summed E-state index contributed by atoms with van der Waals surface area (Å²) in [6.07, 6.45) is 5.18. The second-order valence-corrected chi connectivity index (χ2v) is 12.3. The van der Waals surface area contributed by atoms with Crippen LogP contribution >= 0.6 is 0 Å². The first-order valence-corrected chi connectivity index (χ1v) is 16.4. The molecule has 3 aromatic carbocycles. The summed E-state index contributed by atoms with van der Waals surface area (Å²) in [5.41, 5.74) is 3.97. The number of amides is 1. The highest BCUT2D eigenvalue weighted by Crippen LogP contribution is 2.24. The van der Waals surface area contributed by atoms with Crippen LogP contribution in [0.3, 0.4) is 0 Å². The molecule has 0 saturated carbocycles. The lowest BCUT2D eigenvalue weighted by Gasteiger charge is -2.36. The van der Waals surface area contributed by atoms with Crippen molar-refractivity contribution >= 4 is 45.0 Å². The van der Waals surface area contributed by atoms with E-state index < -0.39 is 5.82 Å². The van der Waals surface area contributed by atoms with Crippen LogP contribution in [0.2, 0.25) is 0 Å². The van der Waals surface area contributed by atoms with Gasteiger partial charge in [-0.1, -0.05) is 24.3 Å². The Morgan fingerprint density at radius 3 is 2.45 bits per heavy atom. The Bertz CT molecular complexity index is 2540. The summed E-state index contributed by atoms with van der Waals surface area (Å²) in [6.45, 7) is 2.02. The van der Waals surface area contributed by atoms with Crippen LogP contribution in [0, 0.1) is 5.82 Å². The standard InChI is InChI=1S/C37H31FN10O3/c1-45-37(51)33-34(48(45)26-5-4-14-39-21-26)42-32(22-40-33)41-24-9-11-25(12-10-24)46-15-17-47(18-16-46)36(50)29-19-23(8-13-30(29)38)20-31-27-6-2-3-7-28(27)35(49)44-43-31/h2-14,19,21-22H,15-18,20H2,1H3,(H,41,42)(H,44,49). The molecule has 5 heterocycles. The highest BCUT2D eigenvalue weighted by Gasteiger charge is 2.25. The smallest absolute Gasteiger partial charge is 0.295 e. The van der Waals surface area contributed by atoms with Gasteiger partial charge in [0.1, 0.15) is 5.82 Å². The van der Waals surface area contributed by atoms with Gasteiger partial charge >= 0.3 is 0 Å². The number of pyridine rings is 1. The minimum absolute atomic E-state index is 0.0133. The number of anilines is 3. The Balaban J connectivity index is 0.928. The summed E-state index contributed by atoms with van der Waals surface area (Å²) in [6, 6.07) is 23.2. The summed E-state index contributed by atoms with van der Waals surface area (Å²) in [7, 11) is 1.66. The van der Waals surface area contributed by atoms with Gasteiger partial charge in [-0.05, 0) is 60.2 Å². The van der Waals surface area contributed by atoms with Gasteiger partial charge in [-0.2, -0.15) is 5.10 Å². The number of H-pyrrole nitrogens is 1. The minimum atomic E-state index is -0.579. The van der Waals surface area contributed by atoms with E-state index >= 15 is 0 Å². The lowest BCUT2D eigenvalue weighted by Crippen LogP contribution is -2.49. The number of halogens is 1. The topological polar surface area (TPSA) is 147 Å². The molecule has 1 saturated heterocycles. The molecule has 1 aliphatic rings. The van der Waals surface area contributed by atoms with E-state index in [0.717, 1.165) is 11.4 Å². The van der Waals surface area contributed by atoms with Gasteiger partial charge in [-0.3, -0.25) is 19.4 Å². The van der Waals surface area contributed by atoms with E-state index in [2.05, 4.69) is 35.4 Å². The number of carbonyl (C=O) groups is 1. The highest BCUT2D eigenvalue weighted by atomic mass is 19.1. The van der Waals surface area contributed by atoms with Crippen LogP contribution in [0.15, 0.2) is 107 Å². The largest absolute Gasteiger partial charge is 0.368 e. The summed E-state index contributed by atoms with van der Waals surface area (Å²) < 4.78 is 18.1. The van der Waals surface area contributed by atoms with Crippen molar-refractivity contribution in [2.45, 2.75) is 6.42 Å². The highest BCUT2D eigenvalue weighted by molar-refractivity contribution is 5.95. The van der Waals surface area contributed by atoms with E-state index in [1.807, 2.05) is 42.5 Å².